The van der Waals surface area contributed by atoms with E-state index >= 15 is 0 Å². The number of anilines is 2. The Morgan fingerprint density at radius 1 is 1.21 bits per heavy atom. The first-order valence-electron chi connectivity index (χ1n) is 6.13. The maximum absolute atomic E-state index is 11.5. The van der Waals surface area contributed by atoms with E-state index in [2.05, 4.69) is 20.2 Å². The van der Waals surface area contributed by atoms with Gasteiger partial charge in [-0.25, -0.2) is 18.4 Å². The molecular weight excluding hydrogens is 266 g/mol. The van der Waals surface area contributed by atoms with Crippen LogP contribution in [0.15, 0.2) is 6.33 Å². The summed E-state index contributed by atoms with van der Waals surface area (Å²) in [6.45, 7) is 4.25. The van der Waals surface area contributed by atoms with Crippen molar-refractivity contribution in [3.8, 4) is 0 Å². The Morgan fingerprint density at radius 2 is 1.84 bits per heavy atom. The first-order chi connectivity index (χ1) is 8.93. The Labute approximate surface area is 113 Å². The minimum Gasteiger partial charge on any atom is -0.373 e. The van der Waals surface area contributed by atoms with Crippen LogP contribution < -0.4 is 10.2 Å². The van der Waals surface area contributed by atoms with Gasteiger partial charge < -0.3 is 10.2 Å². The number of nitrogens with one attached hydrogen (secondary N) is 1. The molecule has 0 bridgehead atoms. The second-order valence-corrected chi connectivity index (χ2v) is 6.55. The highest BCUT2D eigenvalue weighted by atomic mass is 32.2. The number of rotatable bonds is 3. The Bertz CT molecular complexity index is 552. The molecule has 0 unspecified atom stereocenters. The molecule has 1 aliphatic heterocycles. The van der Waals surface area contributed by atoms with E-state index < -0.39 is 10.0 Å². The Balaban J connectivity index is 2.14. The highest BCUT2D eigenvalue weighted by Gasteiger charge is 2.25. The summed E-state index contributed by atoms with van der Waals surface area (Å²) in [7, 11) is -1.27. The van der Waals surface area contributed by atoms with Gasteiger partial charge in [-0.2, -0.15) is 4.31 Å². The Morgan fingerprint density at radius 3 is 2.37 bits per heavy atom. The molecule has 1 aromatic rings. The van der Waals surface area contributed by atoms with Gasteiger partial charge in [0.1, 0.15) is 18.0 Å². The maximum Gasteiger partial charge on any atom is 0.211 e. The number of hydrogen-bond donors (Lipinski definition) is 1. The van der Waals surface area contributed by atoms with E-state index in [-0.39, 0.29) is 0 Å². The fraction of sp³-hybridized carbons (Fsp3) is 0.636. The van der Waals surface area contributed by atoms with E-state index in [9.17, 15) is 8.42 Å². The van der Waals surface area contributed by atoms with E-state index in [0.717, 1.165) is 17.2 Å². The molecule has 1 aliphatic rings. The number of hydrogen-bond acceptors (Lipinski definition) is 6. The summed E-state index contributed by atoms with van der Waals surface area (Å²) >= 11 is 0. The highest BCUT2D eigenvalue weighted by molar-refractivity contribution is 7.88. The predicted octanol–water partition coefficient (Wildman–Crippen LogP) is -0.0917. The normalized spacial score (nSPS) is 17.5. The van der Waals surface area contributed by atoms with Gasteiger partial charge in [0.25, 0.3) is 0 Å². The lowest BCUT2D eigenvalue weighted by atomic mass is 10.2. The third-order valence-electron chi connectivity index (χ3n) is 3.30. The minimum absolute atomic E-state index is 0.497. The van der Waals surface area contributed by atoms with Gasteiger partial charge in [-0.1, -0.05) is 0 Å². The quantitative estimate of drug-likeness (QED) is 0.836. The SMILES string of the molecule is CNc1ncnc(N2CCN(S(C)(=O)=O)CC2)c1C. The van der Waals surface area contributed by atoms with Crippen LogP contribution in [0.4, 0.5) is 11.6 Å². The summed E-state index contributed by atoms with van der Waals surface area (Å²) in [5, 5.41) is 3.02. The molecular formula is C11H19N5O2S. The molecule has 106 valence electrons. The molecule has 0 atom stereocenters. The monoisotopic (exact) mass is 285 g/mol. The molecule has 0 aliphatic carbocycles. The van der Waals surface area contributed by atoms with Gasteiger partial charge in [0.2, 0.25) is 10.0 Å². The molecule has 0 amide bonds. The standard InChI is InChI=1S/C11H19N5O2S/c1-9-10(12-2)13-8-14-11(9)15-4-6-16(7-5-15)19(3,17)18/h8H,4-7H2,1-3H3,(H,12,13,14). The maximum atomic E-state index is 11.5. The van der Waals surface area contributed by atoms with Crippen molar-refractivity contribution in [1.82, 2.24) is 14.3 Å². The van der Waals surface area contributed by atoms with E-state index in [1.165, 1.54) is 16.9 Å². The van der Waals surface area contributed by atoms with E-state index in [4.69, 9.17) is 0 Å². The van der Waals surface area contributed by atoms with Crippen molar-refractivity contribution < 1.29 is 8.42 Å². The van der Waals surface area contributed by atoms with Gasteiger partial charge in [-0.05, 0) is 6.92 Å². The van der Waals surface area contributed by atoms with Crippen LogP contribution in [0, 0.1) is 6.92 Å². The van der Waals surface area contributed by atoms with Crippen LogP contribution in [0.2, 0.25) is 0 Å². The van der Waals surface area contributed by atoms with Gasteiger partial charge in [0.05, 0.1) is 6.26 Å². The van der Waals surface area contributed by atoms with Crippen molar-refractivity contribution >= 4 is 21.7 Å². The van der Waals surface area contributed by atoms with Crippen LogP contribution in [0.3, 0.4) is 0 Å². The molecule has 0 aromatic carbocycles. The summed E-state index contributed by atoms with van der Waals surface area (Å²) in [6, 6.07) is 0. The lowest BCUT2D eigenvalue weighted by Gasteiger charge is -2.34. The molecule has 0 saturated carbocycles. The summed E-state index contributed by atoms with van der Waals surface area (Å²) in [4.78, 5) is 10.6. The first kappa shape index (κ1) is 14.0. The van der Waals surface area contributed by atoms with Crippen molar-refractivity contribution in [3.05, 3.63) is 11.9 Å². The zero-order valence-electron chi connectivity index (χ0n) is 11.4. The molecule has 7 nitrogen and oxygen atoms in total. The van der Waals surface area contributed by atoms with Gasteiger partial charge in [-0.3, -0.25) is 0 Å². The summed E-state index contributed by atoms with van der Waals surface area (Å²) < 4.78 is 24.4. The van der Waals surface area contributed by atoms with Crippen LogP contribution in [-0.4, -0.2) is 62.2 Å². The first-order valence-corrected chi connectivity index (χ1v) is 7.97. The van der Waals surface area contributed by atoms with E-state index in [1.54, 1.807) is 0 Å². The number of aromatic nitrogens is 2. The van der Waals surface area contributed by atoms with Crippen molar-refractivity contribution in [3.63, 3.8) is 0 Å². The number of nitrogens with zero attached hydrogens (tertiary/aromatic N) is 4. The molecule has 2 heterocycles. The third kappa shape index (κ3) is 2.95. The molecule has 0 radical (unpaired) electrons. The van der Waals surface area contributed by atoms with Crippen molar-refractivity contribution in [1.29, 1.82) is 0 Å². The van der Waals surface area contributed by atoms with E-state index in [0.29, 0.717) is 26.2 Å². The lowest BCUT2D eigenvalue weighted by Crippen LogP contribution is -2.48. The fourth-order valence-electron chi connectivity index (χ4n) is 2.24. The third-order valence-corrected chi connectivity index (χ3v) is 4.60. The number of piperazine rings is 1. The highest BCUT2D eigenvalue weighted by Crippen LogP contribution is 2.23. The van der Waals surface area contributed by atoms with Crippen LogP contribution in [-0.2, 0) is 10.0 Å². The molecule has 0 spiro atoms. The van der Waals surface area contributed by atoms with Gasteiger partial charge in [-0.15, -0.1) is 0 Å². The van der Waals surface area contributed by atoms with Crippen LogP contribution >= 0.6 is 0 Å². The largest absolute Gasteiger partial charge is 0.373 e. The summed E-state index contributed by atoms with van der Waals surface area (Å²) in [5.41, 5.74) is 0.984. The second-order valence-electron chi connectivity index (χ2n) is 4.57. The molecule has 1 fully saturated rings. The Hall–Kier alpha value is -1.41. The predicted molar refractivity (Wildman–Crippen MR) is 74.9 cm³/mol. The smallest absolute Gasteiger partial charge is 0.211 e. The zero-order valence-corrected chi connectivity index (χ0v) is 12.2. The molecule has 8 heteroatoms. The van der Waals surface area contributed by atoms with Crippen LogP contribution in [0.1, 0.15) is 5.56 Å². The second kappa shape index (κ2) is 5.30. The molecule has 1 N–H and O–H groups in total. The number of sulfonamides is 1. The van der Waals surface area contributed by atoms with Crippen molar-refractivity contribution in [2.75, 3.05) is 49.7 Å². The molecule has 1 saturated heterocycles. The summed E-state index contributed by atoms with van der Waals surface area (Å²) in [5.74, 6) is 1.67. The average Bonchev–Trinajstić information content (AvgIpc) is 2.38. The van der Waals surface area contributed by atoms with Crippen molar-refractivity contribution in [2.45, 2.75) is 6.92 Å². The van der Waals surface area contributed by atoms with Gasteiger partial charge in [0, 0.05) is 38.8 Å². The summed E-state index contributed by atoms with van der Waals surface area (Å²) in [6.07, 6.45) is 2.77. The van der Waals surface area contributed by atoms with Crippen molar-refractivity contribution in [2.24, 2.45) is 0 Å². The van der Waals surface area contributed by atoms with E-state index in [1.807, 2.05) is 14.0 Å². The molecule has 2 rings (SSSR count). The lowest BCUT2D eigenvalue weighted by molar-refractivity contribution is 0.386. The fourth-order valence-corrected chi connectivity index (χ4v) is 3.07. The molecule has 1 aromatic heterocycles. The van der Waals surface area contributed by atoms with Gasteiger partial charge >= 0.3 is 0 Å². The minimum atomic E-state index is -3.09. The van der Waals surface area contributed by atoms with Crippen LogP contribution in [0.25, 0.3) is 0 Å². The molecule has 19 heavy (non-hydrogen) atoms. The topological polar surface area (TPSA) is 78.4 Å². The zero-order chi connectivity index (χ0) is 14.0. The average molecular weight is 285 g/mol. The Kier molecular flexibility index (Phi) is 3.91. The van der Waals surface area contributed by atoms with Gasteiger partial charge in [0.15, 0.2) is 0 Å². The van der Waals surface area contributed by atoms with Crippen LogP contribution in [0.5, 0.6) is 0 Å².